The van der Waals surface area contributed by atoms with Gasteiger partial charge in [0.05, 0.1) is 19.1 Å². The zero-order valence-corrected chi connectivity index (χ0v) is 23.0. The molecule has 8 nitrogen and oxygen atoms in total. The third-order valence-corrected chi connectivity index (χ3v) is 6.97. The van der Waals surface area contributed by atoms with Crippen LogP contribution in [0.5, 0.6) is 5.75 Å². The highest BCUT2D eigenvalue weighted by Crippen LogP contribution is 2.21. The van der Waals surface area contributed by atoms with Crippen LogP contribution in [0.15, 0.2) is 48.5 Å². The summed E-state index contributed by atoms with van der Waals surface area (Å²) in [6.07, 6.45) is 1.58. The summed E-state index contributed by atoms with van der Waals surface area (Å²) in [5.41, 5.74) is 2.35. The average Bonchev–Trinajstić information content (AvgIpc) is 2.82. The Bertz CT molecular complexity index is 1130. The summed E-state index contributed by atoms with van der Waals surface area (Å²) in [4.78, 5) is 27.7. The van der Waals surface area contributed by atoms with Gasteiger partial charge in [0, 0.05) is 26.1 Å². The lowest BCUT2D eigenvalue weighted by Crippen LogP contribution is -2.48. The standard InChI is InChI=1S/C27H39N3O5S/c1-20(2)18-28-27(32)22(4)29(19-23-11-8-13-25(17-23)35-5)26(31)14-9-15-30(36(6,33)34)24-12-7-10-21(3)16-24/h7-8,10-13,16-17,20,22H,9,14-15,18-19H2,1-6H3,(H,28,32)/t22-/m1/s1. The SMILES string of the molecule is COc1cccc(CN(C(=O)CCCN(c2cccc(C)c2)S(C)(=O)=O)[C@H](C)C(=O)NCC(C)C)c1. The van der Waals surface area contributed by atoms with Crippen LogP contribution in [0.3, 0.4) is 0 Å². The number of carbonyl (C=O) groups is 2. The van der Waals surface area contributed by atoms with Crippen LogP contribution in [0.2, 0.25) is 0 Å². The van der Waals surface area contributed by atoms with Crippen molar-refractivity contribution in [2.24, 2.45) is 5.92 Å². The van der Waals surface area contributed by atoms with E-state index in [1.165, 1.54) is 4.31 Å². The van der Waals surface area contributed by atoms with Gasteiger partial charge in [-0.3, -0.25) is 13.9 Å². The van der Waals surface area contributed by atoms with Crippen molar-refractivity contribution in [2.45, 2.75) is 53.1 Å². The molecule has 0 aliphatic carbocycles. The van der Waals surface area contributed by atoms with Crippen LogP contribution in [0, 0.1) is 12.8 Å². The highest BCUT2D eigenvalue weighted by Gasteiger charge is 2.27. The zero-order valence-electron chi connectivity index (χ0n) is 22.2. The first-order valence-electron chi connectivity index (χ1n) is 12.2. The lowest BCUT2D eigenvalue weighted by Gasteiger charge is -2.30. The van der Waals surface area contributed by atoms with Crippen molar-refractivity contribution in [3.05, 3.63) is 59.7 Å². The highest BCUT2D eigenvalue weighted by molar-refractivity contribution is 7.92. The van der Waals surface area contributed by atoms with E-state index < -0.39 is 16.1 Å². The highest BCUT2D eigenvalue weighted by atomic mass is 32.2. The Morgan fingerprint density at radius 2 is 1.75 bits per heavy atom. The molecule has 0 aromatic heterocycles. The number of aryl methyl sites for hydroxylation is 1. The summed E-state index contributed by atoms with van der Waals surface area (Å²) in [5, 5.41) is 2.90. The van der Waals surface area contributed by atoms with E-state index in [1.807, 2.05) is 51.1 Å². The number of nitrogens with zero attached hydrogens (tertiary/aromatic N) is 2. The van der Waals surface area contributed by atoms with Gasteiger partial charge in [0.25, 0.3) is 0 Å². The molecular formula is C27H39N3O5S. The lowest BCUT2D eigenvalue weighted by atomic mass is 10.1. The molecule has 0 aliphatic heterocycles. The molecule has 0 saturated carbocycles. The fraction of sp³-hybridized carbons (Fsp3) is 0.481. The number of ether oxygens (including phenoxy) is 1. The van der Waals surface area contributed by atoms with Crippen LogP contribution >= 0.6 is 0 Å². The van der Waals surface area contributed by atoms with Crippen LogP contribution in [-0.4, -0.2) is 57.6 Å². The number of sulfonamides is 1. The Morgan fingerprint density at radius 3 is 2.36 bits per heavy atom. The van der Waals surface area contributed by atoms with Gasteiger partial charge in [0.15, 0.2) is 0 Å². The molecule has 0 fully saturated rings. The number of rotatable bonds is 13. The Labute approximate surface area is 215 Å². The van der Waals surface area contributed by atoms with Crippen molar-refractivity contribution in [3.63, 3.8) is 0 Å². The fourth-order valence-electron chi connectivity index (χ4n) is 3.79. The first kappa shape index (κ1) is 29.2. The molecule has 0 radical (unpaired) electrons. The van der Waals surface area contributed by atoms with Crippen molar-refractivity contribution >= 4 is 27.5 Å². The Morgan fingerprint density at radius 1 is 1.06 bits per heavy atom. The minimum Gasteiger partial charge on any atom is -0.497 e. The number of benzene rings is 2. The third-order valence-electron chi connectivity index (χ3n) is 5.78. The van der Waals surface area contributed by atoms with Gasteiger partial charge in [-0.2, -0.15) is 0 Å². The molecule has 9 heteroatoms. The maximum absolute atomic E-state index is 13.4. The van der Waals surface area contributed by atoms with Crippen molar-refractivity contribution in [3.8, 4) is 5.75 Å². The molecule has 2 amide bonds. The molecule has 36 heavy (non-hydrogen) atoms. The second kappa shape index (κ2) is 13.3. The van der Waals surface area contributed by atoms with Crippen LogP contribution in [-0.2, 0) is 26.2 Å². The van der Waals surface area contributed by atoms with Crippen molar-refractivity contribution in [1.82, 2.24) is 10.2 Å². The van der Waals surface area contributed by atoms with Crippen LogP contribution in [0.1, 0.15) is 44.7 Å². The van der Waals surface area contributed by atoms with Gasteiger partial charge in [-0.05, 0) is 61.6 Å². The monoisotopic (exact) mass is 517 g/mol. The van der Waals surface area contributed by atoms with Gasteiger partial charge in [0.2, 0.25) is 21.8 Å². The second-order valence-electron chi connectivity index (χ2n) is 9.47. The molecule has 0 aliphatic rings. The lowest BCUT2D eigenvalue weighted by molar-refractivity contribution is -0.140. The first-order chi connectivity index (χ1) is 16.9. The number of hydrogen-bond acceptors (Lipinski definition) is 5. The molecule has 198 valence electrons. The molecule has 1 atom stereocenters. The van der Waals surface area contributed by atoms with Crippen molar-refractivity contribution in [2.75, 3.05) is 30.8 Å². The Hall–Kier alpha value is -3.07. The van der Waals surface area contributed by atoms with Crippen LogP contribution in [0.25, 0.3) is 0 Å². The van der Waals surface area contributed by atoms with E-state index >= 15 is 0 Å². The normalized spacial score (nSPS) is 12.2. The van der Waals surface area contributed by atoms with E-state index in [-0.39, 0.29) is 37.2 Å². The number of anilines is 1. The quantitative estimate of drug-likeness (QED) is 0.437. The molecule has 0 saturated heterocycles. The summed E-state index contributed by atoms with van der Waals surface area (Å²) in [5.74, 6) is 0.506. The number of carbonyl (C=O) groups excluding carboxylic acids is 2. The predicted molar refractivity (Wildman–Crippen MR) is 143 cm³/mol. The topological polar surface area (TPSA) is 96.0 Å². The van der Waals surface area contributed by atoms with Crippen LogP contribution < -0.4 is 14.4 Å². The number of amides is 2. The fourth-order valence-corrected chi connectivity index (χ4v) is 4.75. The molecule has 0 bridgehead atoms. The maximum atomic E-state index is 13.4. The van der Waals surface area contributed by atoms with Crippen molar-refractivity contribution in [1.29, 1.82) is 0 Å². The minimum atomic E-state index is -3.52. The molecule has 0 heterocycles. The first-order valence-corrected chi connectivity index (χ1v) is 14.0. The third kappa shape index (κ3) is 8.86. The zero-order chi connectivity index (χ0) is 26.9. The van der Waals surface area contributed by atoms with Gasteiger partial charge in [-0.15, -0.1) is 0 Å². The molecular weight excluding hydrogens is 478 g/mol. The molecule has 0 unspecified atom stereocenters. The summed E-state index contributed by atoms with van der Waals surface area (Å²) in [6.45, 7) is 8.54. The van der Waals surface area contributed by atoms with E-state index in [2.05, 4.69) is 5.32 Å². The van der Waals surface area contributed by atoms with E-state index in [4.69, 9.17) is 4.74 Å². The predicted octanol–water partition coefficient (Wildman–Crippen LogP) is 3.74. The minimum absolute atomic E-state index is 0.101. The molecule has 0 spiro atoms. The largest absolute Gasteiger partial charge is 0.497 e. The molecule has 1 N–H and O–H groups in total. The maximum Gasteiger partial charge on any atom is 0.242 e. The van der Waals surface area contributed by atoms with Gasteiger partial charge < -0.3 is 15.0 Å². The molecule has 2 aromatic rings. The number of hydrogen-bond donors (Lipinski definition) is 1. The van der Waals surface area contributed by atoms with Gasteiger partial charge in [-0.1, -0.05) is 38.1 Å². The summed E-state index contributed by atoms with van der Waals surface area (Å²) in [7, 11) is -1.95. The smallest absolute Gasteiger partial charge is 0.242 e. The van der Waals surface area contributed by atoms with Gasteiger partial charge in [-0.25, -0.2) is 8.42 Å². The van der Waals surface area contributed by atoms with E-state index in [0.717, 1.165) is 17.4 Å². The van der Waals surface area contributed by atoms with Gasteiger partial charge >= 0.3 is 0 Å². The van der Waals surface area contributed by atoms with Crippen LogP contribution in [0.4, 0.5) is 5.69 Å². The summed E-state index contributed by atoms with van der Waals surface area (Å²) >= 11 is 0. The summed E-state index contributed by atoms with van der Waals surface area (Å²) in [6, 6.07) is 13.9. The Kier molecular flexibility index (Phi) is 10.8. The van der Waals surface area contributed by atoms with E-state index in [9.17, 15) is 18.0 Å². The summed E-state index contributed by atoms with van der Waals surface area (Å²) < 4.78 is 31.5. The van der Waals surface area contributed by atoms with E-state index in [1.54, 1.807) is 37.1 Å². The molecule has 2 aromatic carbocycles. The van der Waals surface area contributed by atoms with Gasteiger partial charge in [0.1, 0.15) is 11.8 Å². The second-order valence-corrected chi connectivity index (χ2v) is 11.4. The number of methoxy groups -OCH3 is 1. The average molecular weight is 518 g/mol. The Balaban J connectivity index is 2.18. The molecule has 2 rings (SSSR count). The van der Waals surface area contributed by atoms with E-state index in [0.29, 0.717) is 24.4 Å². The number of nitrogens with one attached hydrogen (secondary N) is 1. The van der Waals surface area contributed by atoms with Crippen molar-refractivity contribution < 1.29 is 22.7 Å².